The van der Waals surface area contributed by atoms with Gasteiger partial charge in [0.1, 0.15) is 12.4 Å². The number of nitrogens with one attached hydrogen (secondary N) is 1. The first kappa shape index (κ1) is 13.3. The van der Waals surface area contributed by atoms with Crippen molar-refractivity contribution in [2.75, 3.05) is 26.2 Å². The molecule has 18 heavy (non-hydrogen) atoms. The third kappa shape index (κ3) is 3.00. The summed E-state index contributed by atoms with van der Waals surface area (Å²) in [4.78, 5) is 14.3. The minimum absolute atomic E-state index is 0.109. The highest BCUT2D eigenvalue weighted by Gasteiger charge is 2.23. The van der Waals surface area contributed by atoms with Gasteiger partial charge in [0.15, 0.2) is 0 Å². The highest BCUT2D eigenvalue weighted by Crippen LogP contribution is 2.17. The summed E-state index contributed by atoms with van der Waals surface area (Å²) in [6.45, 7) is 5.30. The lowest BCUT2D eigenvalue weighted by atomic mass is 10.2. The van der Waals surface area contributed by atoms with Gasteiger partial charge >= 0.3 is 0 Å². The van der Waals surface area contributed by atoms with Crippen LogP contribution < -0.4 is 4.90 Å². The Morgan fingerprint density at radius 2 is 2.11 bits per heavy atom. The Balaban J connectivity index is 1.98. The molecule has 0 spiro atoms. The molecule has 0 unspecified atom stereocenters. The number of piperazine rings is 1. The van der Waals surface area contributed by atoms with Crippen LogP contribution in [0.4, 0.5) is 4.39 Å². The fourth-order valence-electron chi connectivity index (χ4n) is 2.27. The molecule has 0 bridgehead atoms. The predicted octanol–water partition coefficient (Wildman–Crippen LogP) is 0.726. The molecule has 1 heterocycles. The van der Waals surface area contributed by atoms with Crippen LogP contribution >= 0.6 is 11.6 Å². The summed E-state index contributed by atoms with van der Waals surface area (Å²) in [6, 6.07) is 4.77. The van der Waals surface area contributed by atoms with Gasteiger partial charge in [-0.1, -0.05) is 17.7 Å². The van der Waals surface area contributed by atoms with E-state index in [0.29, 0.717) is 17.1 Å². The summed E-state index contributed by atoms with van der Waals surface area (Å²) in [5.74, 6) is -0.137. The predicted molar refractivity (Wildman–Crippen MR) is 68.1 cm³/mol. The Bertz CT molecular complexity index is 424. The van der Waals surface area contributed by atoms with Gasteiger partial charge in [0.2, 0.25) is 5.91 Å². The molecule has 1 aromatic rings. The van der Waals surface area contributed by atoms with Crippen molar-refractivity contribution in [1.82, 2.24) is 4.90 Å². The van der Waals surface area contributed by atoms with Gasteiger partial charge in [-0.25, -0.2) is 4.39 Å². The molecule has 3 nitrogen and oxygen atoms in total. The van der Waals surface area contributed by atoms with E-state index in [2.05, 4.69) is 0 Å². The average Bonchev–Trinajstić information content (AvgIpc) is 2.34. The molecule has 1 saturated heterocycles. The van der Waals surface area contributed by atoms with Gasteiger partial charge in [-0.15, -0.1) is 0 Å². The maximum atomic E-state index is 13.6. The highest BCUT2D eigenvalue weighted by molar-refractivity contribution is 6.31. The second kappa shape index (κ2) is 5.67. The van der Waals surface area contributed by atoms with Crippen molar-refractivity contribution in [3.05, 3.63) is 34.6 Å². The molecule has 0 atom stereocenters. The fourth-order valence-corrected chi connectivity index (χ4v) is 2.50. The van der Waals surface area contributed by atoms with Crippen LogP contribution in [-0.2, 0) is 11.3 Å². The molecule has 1 fully saturated rings. The number of nitrogens with zero attached hydrogens (tertiary/aromatic N) is 1. The van der Waals surface area contributed by atoms with Crippen LogP contribution in [-0.4, -0.2) is 37.0 Å². The van der Waals surface area contributed by atoms with E-state index in [1.807, 2.05) is 4.90 Å². The zero-order chi connectivity index (χ0) is 13.1. The lowest BCUT2D eigenvalue weighted by Gasteiger charge is -2.31. The standard InChI is InChI=1S/C13H16ClFN2O/c1-10(18)17-7-5-16(6-8-17)9-11-12(14)3-2-4-13(11)15/h2-4H,5-9H2,1H3/p+1. The summed E-state index contributed by atoms with van der Waals surface area (Å²) in [6.07, 6.45) is 0. The van der Waals surface area contributed by atoms with Crippen LogP contribution in [0.3, 0.4) is 0 Å². The van der Waals surface area contributed by atoms with E-state index in [-0.39, 0.29) is 11.7 Å². The van der Waals surface area contributed by atoms with Gasteiger partial charge in [-0.05, 0) is 12.1 Å². The number of rotatable bonds is 2. The van der Waals surface area contributed by atoms with E-state index >= 15 is 0 Å². The molecule has 5 heteroatoms. The molecule has 98 valence electrons. The Hall–Kier alpha value is -1.13. The van der Waals surface area contributed by atoms with E-state index < -0.39 is 0 Å². The first-order valence-electron chi connectivity index (χ1n) is 6.10. The fraction of sp³-hybridized carbons (Fsp3) is 0.462. The van der Waals surface area contributed by atoms with E-state index in [9.17, 15) is 9.18 Å². The second-order valence-corrected chi connectivity index (χ2v) is 5.04. The molecule has 0 aliphatic carbocycles. The lowest BCUT2D eigenvalue weighted by Crippen LogP contribution is -3.13. The quantitative estimate of drug-likeness (QED) is 0.843. The average molecular weight is 272 g/mol. The van der Waals surface area contributed by atoms with Crippen molar-refractivity contribution in [2.45, 2.75) is 13.5 Å². The van der Waals surface area contributed by atoms with Gasteiger partial charge < -0.3 is 9.80 Å². The van der Waals surface area contributed by atoms with E-state index in [0.717, 1.165) is 26.2 Å². The van der Waals surface area contributed by atoms with E-state index in [1.165, 1.54) is 11.0 Å². The highest BCUT2D eigenvalue weighted by atomic mass is 35.5. The molecule has 0 saturated carbocycles. The number of benzene rings is 1. The van der Waals surface area contributed by atoms with Crippen molar-refractivity contribution in [3.63, 3.8) is 0 Å². The molecule has 0 radical (unpaired) electrons. The lowest BCUT2D eigenvalue weighted by molar-refractivity contribution is -0.917. The molecular formula is C13H17ClFN2O+. The third-order valence-corrected chi connectivity index (χ3v) is 3.76. The summed E-state index contributed by atoms with van der Waals surface area (Å²) in [5.41, 5.74) is 0.574. The van der Waals surface area contributed by atoms with Crippen molar-refractivity contribution in [1.29, 1.82) is 0 Å². The largest absolute Gasteiger partial charge is 0.332 e. The number of hydrogen-bond acceptors (Lipinski definition) is 1. The molecule has 1 aliphatic rings. The molecule has 1 N–H and O–H groups in total. The second-order valence-electron chi connectivity index (χ2n) is 4.63. The van der Waals surface area contributed by atoms with Crippen LogP contribution in [0.15, 0.2) is 18.2 Å². The van der Waals surface area contributed by atoms with Crippen molar-refractivity contribution in [2.24, 2.45) is 0 Å². The Morgan fingerprint density at radius 3 is 2.67 bits per heavy atom. The molecule has 1 aromatic carbocycles. The smallest absolute Gasteiger partial charge is 0.219 e. The monoisotopic (exact) mass is 271 g/mol. The maximum Gasteiger partial charge on any atom is 0.219 e. The van der Waals surface area contributed by atoms with Crippen molar-refractivity contribution in [3.8, 4) is 0 Å². The zero-order valence-electron chi connectivity index (χ0n) is 10.4. The third-order valence-electron chi connectivity index (χ3n) is 3.40. The summed E-state index contributed by atoms with van der Waals surface area (Å²) >= 11 is 6.01. The summed E-state index contributed by atoms with van der Waals surface area (Å²) in [5, 5.41) is 0.483. The summed E-state index contributed by atoms with van der Waals surface area (Å²) in [7, 11) is 0. The van der Waals surface area contributed by atoms with E-state index in [4.69, 9.17) is 11.6 Å². The normalized spacial score (nSPS) is 16.9. The Morgan fingerprint density at radius 1 is 1.44 bits per heavy atom. The van der Waals surface area contributed by atoms with Crippen LogP contribution in [0.25, 0.3) is 0 Å². The molecule has 1 amide bonds. The van der Waals surface area contributed by atoms with Gasteiger partial charge in [0, 0.05) is 6.92 Å². The number of carbonyl (C=O) groups excluding carboxylic acids is 1. The summed E-state index contributed by atoms with van der Waals surface area (Å²) < 4.78 is 13.6. The van der Waals surface area contributed by atoms with Crippen molar-refractivity contribution < 1.29 is 14.1 Å². The van der Waals surface area contributed by atoms with Crippen LogP contribution in [0.1, 0.15) is 12.5 Å². The number of amides is 1. The number of hydrogen-bond donors (Lipinski definition) is 1. The first-order chi connectivity index (χ1) is 8.58. The topological polar surface area (TPSA) is 24.8 Å². The minimum atomic E-state index is -0.246. The van der Waals surface area contributed by atoms with Gasteiger partial charge in [0.05, 0.1) is 36.8 Å². The van der Waals surface area contributed by atoms with Crippen LogP contribution in [0, 0.1) is 5.82 Å². The maximum absolute atomic E-state index is 13.6. The van der Waals surface area contributed by atoms with Gasteiger partial charge in [-0.3, -0.25) is 4.79 Å². The Kier molecular flexibility index (Phi) is 4.19. The molecular weight excluding hydrogens is 255 g/mol. The molecule has 2 rings (SSSR count). The zero-order valence-corrected chi connectivity index (χ0v) is 11.1. The first-order valence-corrected chi connectivity index (χ1v) is 6.47. The van der Waals surface area contributed by atoms with Crippen LogP contribution in [0.5, 0.6) is 0 Å². The van der Waals surface area contributed by atoms with E-state index in [1.54, 1.807) is 19.1 Å². The Labute approximate surface area is 111 Å². The van der Waals surface area contributed by atoms with Crippen molar-refractivity contribution >= 4 is 17.5 Å². The minimum Gasteiger partial charge on any atom is -0.332 e. The van der Waals surface area contributed by atoms with Gasteiger partial charge in [-0.2, -0.15) is 0 Å². The SMILES string of the molecule is CC(=O)N1CC[NH+](Cc2c(F)cccc2Cl)CC1. The molecule has 1 aliphatic heterocycles. The van der Waals surface area contributed by atoms with Crippen LogP contribution in [0.2, 0.25) is 5.02 Å². The molecule has 0 aromatic heterocycles. The van der Waals surface area contributed by atoms with Gasteiger partial charge in [0.25, 0.3) is 0 Å². The number of carbonyl (C=O) groups is 1. The number of halogens is 2. The number of quaternary nitrogens is 1.